The highest BCUT2D eigenvalue weighted by Gasteiger charge is 2.53. The van der Waals surface area contributed by atoms with Crippen molar-refractivity contribution < 1.29 is 28.6 Å². The van der Waals surface area contributed by atoms with Crippen LogP contribution in [0, 0.1) is 0 Å². The van der Waals surface area contributed by atoms with Gasteiger partial charge >= 0.3 is 17.9 Å². The number of hydrogen-bond donors (Lipinski definition) is 1. The molecule has 1 N–H and O–H groups in total. The summed E-state index contributed by atoms with van der Waals surface area (Å²) in [6, 6.07) is -0.248. The van der Waals surface area contributed by atoms with Gasteiger partial charge in [-0.25, -0.2) is 0 Å². The van der Waals surface area contributed by atoms with Crippen LogP contribution in [0.15, 0.2) is 4.99 Å². The minimum Gasteiger partial charge on any atom is -0.465 e. The Balaban J connectivity index is 2.26. The first-order valence-corrected chi connectivity index (χ1v) is 10.2. The molecule has 0 aromatic heterocycles. The third-order valence-electron chi connectivity index (χ3n) is 3.70. The van der Waals surface area contributed by atoms with E-state index in [0.29, 0.717) is 6.54 Å². The van der Waals surface area contributed by atoms with E-state index in [9.17, 15) is 14.4 Å². The summed E-state index contributed by atoms with van der Waals surface area (Å²) in [4.78, 5) is 38.9. The van der Waals surface area contributed by atoms with Crippen molar-refractivity contribution in [2.45, 2.75) is 62.2 Å². The van der Waals surface area contributed by atoms with Gasteiger partial charge in [0, 0.05) is 27.3 Å². The van der Waals surface area contributed by atoms with E-state index in [1.54, 1.807) is 11.8 Å². The monoisotopic (exact) mass is 404 g/mol. The van der Waals surface area contributed by atoms with E-state index in [4.69, 9.17) is 14.2 Å². The van der Waals surface area contributed by atoms with E-state index >= 15 is 0 Å². The summed E-state index contributed by atoms with van der Waals surface area (Å²) >= 11 is 3.09. The lowest BCUT2D eigenvalue weighted by molar-refractivity contribution is -0.169. The fourth-order valence-corrected chi connectivity index (χ4v) is 5.87. The number of carbonyl (C=O) groups excluding carboxylic acids is 3. The van der Waals surface area contributed by atoms with Gasteiger partial charge in [0.25, 0.3) is 0 Å². The molecule has 0 amide bonds. The minimum atomic E-state index is -0.722. The fraction of sp³-hybridized carbons (Fsp3) is 0.750. The van der Waals surface area contributed by atoms with Crippen LogP contribution in [0.4, 0.5) is 0 Å². The van der Waals surface area contributed by atoms with Crippen LogP contribution in [0.3, 0.4) is 0 Å². The zero-order valence-electron chi connectivity index (χ0n) is 15.2. The van der Waals surface area contributed by atoms with Crippen LogP contribution in [-0.4, -0.2) is 64.3 Å². The molecule has 10 heteroatoms. The summed E-state index contributed by atoms with van der Waals surface area (Å²) in [7, 11) is 0. The Morgan fingerprint density at radius 2 is 1.73 bits per heavy atom. The van der Waals surface area contributed by atoms with Crippen molar-refractivity contribution >= 4 is 46.6 Å². The molecule has 0 unspecified atom stereocenters. The molecule has 8 nitrogen and oxygen atoms in total. The van der Waals surface area contributed by atoms with Gasteiger partial charge in [0.05, 0.1) is 15.9 Å². The highest BCUT2D eigenvalue weighted by molar-refractivity contribution is 8.25. The summed E-state index contributed by atoms with van der Waals surface area (Å²) in [5.74, 6) is -1.36. The average molecular weight is 405 g/mol. The Morgan fingerprint density at radius 1 is 1.08 bits per heavy atom. The molecular weight excluding hydrogens is 380 g/mol. The number of ether oxygens (including phenoxy) is 3. The number of nitrogens with zero attached hydrogens (tertiary/aromatic N) is 1. The lowest BCUT2D eigenvalue weighted by atomic mass is 10.0. The maximum Gasteiger partial charge on any atom is 0.303 e. The predicted octanol–water partition coefficient (Wildman–Crippen LogP) is 1.33. The molecule has 0 saturated carbocycles. The van der Waals surface area contributed by atoms with Gasteiger partial charge in [0.1, 0.15) is 6.61 Å². The lowest BCUT2D eigenvalue weighted by Gasteiger charge is -2.41. The Bertz CT molecular complexity index is 585. The molecular formula is C16H24N2O6S2. The van der Waals surface area contributed by atoms with Crippen molar-refractivity contribution in [3.63, 3.8) is 0 Å². The van der Waals surface area contributed by atoms with Crippen LogP contribution in [0.25, 0.3) is 0 Å². The van der Waals surface area contributed by atoms with Gasteiger partial charge in [0.2, 0.25) is 0 Å². The van der Waals surface area contributed by atoms with Crippen LogP contribution < -0.4 is 5.32 Å². The number of rotatable bonds is 6. The number of aliphatic imine (C=N–C) groups is 1. The van der Waals surface area contributed by atoms with Crippen LogP contribution in [0.5, 0.6) is 0 Å². The van der Waals surface area contributed by atoms with Crippen LogP contribution >= 0.6 is 23.5 Å². The number of amidine groups is 1. The molecule has 2 aliphatic heterocycles. The number of fused-ring (bicyclic) bond motifs is 1. The van der Waals surface area contributed by atoms with E-state index in [-0.39, 0.29) is 22.5 Å². The topological polar surface area (TPSA) is 103 Å². The van der Waals surface area contributed by atoms with Gasteiger partial charge in [0.15, 0.2) is 17.4 Å². The maximum atomic E-state index is 11.6. The van der Waals surface area contributed by atoms with Crippen molar-refractivity contribution in [1.82, 2.24) is 5.32 Å². The first kappa shape index (κ1) is 20.9. The second kappa shape index (κ2) is 9.50. The molecule has 2 aliphatic rings. The number of thioether (sulfide) groups is 2. The Kier molecular flexibility index (Phi) is 7.63. The van der Waals surface area contributed by atoms with E-state index in [0.717, 1.165) is 11.6 Å². The third-order valence-corrected chi connectivity index (χ3v) is 6.63. The number of hydrogen-bond acceptors (Lipinski definition) is 9. The Hall–Kier alpha value is -1.42. The molecule has 2 rings (SSSR count). The van der Waals surface area contributed by atoms with E-state index < -0.39 is 30.1 Å². The van der Waals surface area contributed by atoms with Gasteiger partial charge in [-0.3, -0.25) is 19.4 Å². The number of esters is 3. The molecule has 2 fully saturated rings. The van der Waals surface area contributed by atoms with Gasteiger partial charge in [-0.15, -0.1) is 11.8 Å². The van der Waals surface area contributed by atoms with Crippen LogP contribution in [-0.2, 0) is 28.6 Å². The predicted molar refractivity (Wildman–Crippen MR) is 100 cm³/mol. The molecule has 26 heavy (non-hydrogen) atoms. The summed E-state index contributed by atoms with van der Waals surface area (Å²) < 4.78 is 16.1. The quantitative estimate of drug-likeness (QED) is 0.518. The first-order valence-electron chi connectivity index (χ1n) is 8.42. The minimum absolute atomic E-state index is 0.00215. The zero-order chi connectivity index (χ0) is 19.3. The molecule has 0 bridgehead atoms. The summed E-state index contributed by atoms with van der Waals surface area (Å²) in [6.07, 6.45) is -0.488. The van der Waals surface area contributed by atoms with Crippen molar-refractivity contribution in [3.8, 4) is 0 Å². The normalized spacial score (nSPS) is 31.7. The zero-order valence-corrected chi connectivity index (χ0v) is 16.9. The first-order chi connectivity index (χ1) is 12.3. The van der Waals surface area contributed by atoms with Gasteiger partial charge in [-0.05, 0) is 6.42 Å². The molecule has 146 valence electrons. The van der Waals surface area contributed by atoms with Gasteiger partial charge in [-0.2, -0.15) is 0 Å². The number of carbonyl (C=O) groups is 3. The maximum absolute atomic E-state index is 11.6. The molecule has 0 aromatic carbocycles. The molecule has 2 heterocycles. The van der Waals surface area contributed by atoms with Gasteiger partial charge < -0.3 is 19.5 Å². The SMILES string of the molecule is CCCN=C1N[C@H]2[C@@H](S1)S[C@H](COC(C)=O)[C@@H](OC(C)=O)[C@@H]2OC(C)=O. The van der Waals surface area contributed by atoms with Crippen LogP contribution in [0.1, 0.15) is 34.1 Å². The summed E-state index contributed by atoms with van der Waals surface area (Å²) in [5, 5.41) is 3.73. The second-order valence-corrected chi connectivity index (χ2v) is 8.78. The molecule has 0 radical (unpaired) electrons. The van der Waals surface area contributed by atoms with Crippen molar-refractivity contribution in [2.24, 2.45) is 4.99 Å². The van der Waals surface area contributed by atoms with E-state index in [1.165, 1.54) is 32.5 Å². The largest absolute Gasteiger partial charge is 0.465 e. The van der Waals surface area contributed by atoms with Crippen molar-refractivity contribution in [3.05, 3.63) is 0 Å². The fourth-order valence-electron chi connectivity index (χ4n) is 2.74. The molecule has 5 atom stereocenters. The average Bonchev–Trinajstić information content (AvgIpc) is 2.95. The Morgan fingerprint density at radius 3 is 2.31 bits per heavy atom. The molecule has 0 aromatic rings. The van der Waals surface area contributed by atoms with Crippen LogP contribution in [0.2, 0.25) is 0 Å². The van der Waals surface area contributed by atoms with E-state index in [2.05, 4.69) is 10.3 Å². The number of nitrogens with one attached hydrogen (secondary N) is 1. The second-order valence-electron chi connectivity index (χ2n) is 5.97. The third kappa shape index (κ3) is 5.54. The smallest absolute Gasteiger partial charge is 0.303 e. The molecule has 0 aliphatic carbocycles. The summed E-state index contributed by atoms with van der Waals surface area (Å²) in [5.41, 5.74) is 0. The standard InChI is InChI=1S/C16H24N2O6S2/c1-5-6-17-16-18-12-14(24-10(4)21)13(23-9(3)20)11(7-22-8(2)19)25-15(12)26-16/h11-15H,5-7H2,1-4H3,(H,17,18)/t11-,12-,13-,14-,15-/m1/s1. The van der Waals surface area contributed by atoms with Crippen molar-refractivity contribution in [1.29, 1.82) is 0 Å². The molecule has 2 saturated heterocycles. The van der Waals surface area contributed by atoms with Gasteiger partial charge in [-0.1, -0.05) is 18.7 Å². The Labute approximate surface area is 161 Å². The van der Waals surface area contributed by atoms with Crippen molar-refractivity contribution in [2.75, 3.05) is 13.2 Å². The highest BCUT2D eigenvalue weighted by atomic mass is 32.2. The molecule has 0 spiro atoms. The highest BCUT2D eigenvalue weighted by Crippen LogP contribution is 2.45. The van der Waals surface area contributed by atoms with E-state index in [1.807, 2.05) is 6.92 Å². The lowest BCUT2D eigenvalue weighted by Crippen LogP contribution is -2.59. The summed E-state index contributed by atoms with van der Waals surface area (Å²) in [6.45, 7) is 6.75.